The minimum Gasteiger partial charge on any atom is -0.329 e. The molecule has 0 N–H and O–H groups in total. The van der Waals surface area contributed by atoms with E-state index in [9.17, 15) is 0 Å². The van der Waals surface area contributed by atoms with E-state index in [1.54, 1.807) is 0 Å². The first-order valence-electron chi connectivity index (χ1n) is 18.4. The van der Waals surface area contributed by atoms with Crippen molar-refractivity contribution in [2.45, 2.75) is 0 Å². The van der Waals surface area contributed by atoms with Crippen LogP contribution in [0, 0.1) is 0 Å². The van der Waals surface area contributed by atoms with Crippen molar-refractivity contribution in [3.63, 3.8) is 0 Å². The molecule has 0 saturated carbocycles. The minimum atomic E-state index is -1.29. The van der Waals surface area contributed by atoms with Gasteiger partial charge in [-0.2, -0.15) is 0 Å². The number of nitrogens with zero attached hydrogens (tertiary/aromatic N) is 6. The van der Waals surface area contributed by atoms with Crippen molar-refractivity contribution in [1.29, 1.82) is 0 Å². The molecule has 0 bridgehead atoms. The van der Waals surface area contributed by atoms with Crippen molar-refractivity contribution in [3.05, 3.63) is 182 Å². The maximum absolute atomic E-state index is 5.40. The second-order valence-corrected chi connectivity index (χ2v) is 15.6. The van der Waals surface area contributed by atoms with Crippen LogP contribution in [0.25, 0.3) is 32.3 Å². The highest BCUT2D eigenvalue weighted by molar-refractivity contribution is 7.79. The summed E-state index contributed by atoms with van der Waals surface area (Å²) >= 11 is 0. The van der Waals surface area contributed by atoms with Crippen LogP contribution in [0.1, 0.15) is 0 Å². The first kappa shape index (κ1) is 34.2. The summed E-state index contributed by atoms with van der Waals surface area (Å²) in [5.74, 6) is 2.57. The van der Waals surface area contributed by atoms with Gasteiger partial charge in [-0.1, -0.05) is 127 Å². The third kappa shape index (κ3) is 6.51. The zero-order chi connectivity index (χ0) is 37.3. The first-order valence-corrected chi connectivity index (χ1v) is 19.7. The molecule has 0 aliphatic heterocycles. The molecule has 0 amide bonds. The summed E-state index contributed by atoms with van der Waals surface area (Å²) in [6, 6.07) is 63.6. The number of hydrogen-bond donors (Lipinski definition) is 0. The van der Waals surface area contributed by atoms with Gasteiger partial charge in [-0.15, -0.1) is 0 Å². The van der Waals surface area contributed by atoms with Crippen LogP contribution in [0.2, 0.25) is 0 Å². The molecule has 9 aromatic rings. The van der Waals surface area contributed by atoms with Crippen LogP contribution in [-0.2, 0) is 0 Å². The van der Waals surface area contributed by atoms with Gasteiger partial charge in [-0.05, 0) is 70.8 Å². The molecule has 6 aromatic carbocycles. The molecule has 0 unspecified atom stereocenters. The van der Waals surface area contributed by atoms with Crippen molar-refractivity contribution >= 4 is 91.1 Å². The number of pyridine rings is 3. The van der Waals surface area contributed by atoms with Gasteiger partial charge in [0.15, 0.2) is 0 Å². The molecule has 0 saturated heterocycles. The molecule has 3 heterocycles. The zero-order valence-corrected chi connectivity index (χ0v) is 31.8. The van der Waals surface area contributed by atoms with Gasteiger partial charge in [-0.25, -0.2) is 15.0 Å². The molecule has 266 valence electrons. The van der Waals surface area contributed by atoms with Crippen LogP contribution >= 0.6 is 7.92 Å². The summed E-state index contributed by atoms with van der Waals surface area (Å²) in [6.45, 7) is 0. The predicted molar refractivity (Wildman–Crippen MR) is 235 cm³/mol. The Labute approximate surface area is 322 Å². The smallest absolute Gasteiger partial charge is 0.133 e. The van der Waals surface area contributed by atoms with Gasteiger partial charge in [0.05, 0.1) is 16.3 Å². The van der Waals surface area contributed by atoms with Crippen LogP contribution in [0.3, 0.4) is 0 Å². The van der Waals surface area contributed by atoms with Gasteiger partial charge in [0.1, 0.15) is 17.5 Å². The molecule has 0 aliphatic carbocycles. The second-order valence-electron chi connectivity index (χ2n) is 13.6. The molecule has 7 heteroatoms. The summed E-state index contributed by atoms with van der Waals surface area (Å²) < 4.78 is 0. The van der Waals surface area contributed by atoms with E-state index in [4.69, 9.17) is 15.0 Å². The van der Waals surface area contributed by atoms with Gasteiger partial charge in [0.25, 0.3) is 0 Å². The fraction of sp³-hybridized carbons (Fsp3) is 0.0625. The van der Waals surface area contributed by atoms with E-state index in [0.29, 0.717) is 0 Å². The fourth-order valence-electron chi connectivity index (χ4n) is 7.40. The van der Waals surface area contributed by atoms with E-state index in [0.717, 1.165) is 50.8 Å². The third-order valence-corrected chi connectivity index (χ3v) is 12.4. The van der Waals surface area contributed by atoms with Crippen molar-refractivity contribution < 1.29 is 0 Å². The van der Waals surface area contributed by atoms with Crippen molar-refractivity contribution in [3.8, 4) is 0 Å². The second kappa shape index (κ2) is 14.7. The number of benzene rings is 6. The van der Waals surface area contributed by atoms with Crippen molar-refractivity contribution in [2.24, 2.45) is 0 Å². The van der Waals surface area contributed by atoms with E-state index < -0.39 is 7.92 Å². The number of rotatable bonds is 9. The molecule has 0 radical (unpaired) electrons. The van der Waals surface area contributed by atoms with Crippen LogP contribution in [0.15, 0.2) is 182 Å². The SMILES string of the molecule is CN(c1cccc(P(c2cccc(N(C)c3cccc4ccccc34)n2)c2cccc(N(C)c3cccc4ccccc34)n2)n1)c1cccc2ccccc12. The molecule has 3 aromatic heterocycles. The van der Waals surface area contributed by atoms with E-state index in [1.807, 2.05) is 0 Å². The molecule has 0 fully saturated rings. The Balaban J connectivity index is 1.17. The van der Waals surface area contributed by atoms with Crippen LogP contribution in [0.4, 0.5) is 34.5 Å². The van der Waals surface area contributed by atoms with Gasteiger partial charge in [-0.3, -0.25) is 0 Å². The van der Waals surface area contributed by atoms with Gasteiger partial charge < -0.3 is 14.7 Å². The lowest BCUT2D eigenvalue weighted by atomic mass is 10.1. The van der Waals surface area contributed by atoms with Gasteiger partial charge in [0.2, 0.25) is 0 Å². The van der Waals surface area contributed by atoms with Gasteiger partial charge in [0, 0.05) is 62.3 Å². The Bertz CT molecular complexity index is 2500. The van der Waals surface area contributed by atoms with E-state index >= 15 is 0 Å². The van der Waals surface area contributed by atoms with E-state index in [-0.39, 0.29) is 0 Å². The standard InChI is InChI=1S/C48H39N6P/c1-52(40-25-10-19-34-16-4-7-22-37(34)40)43-28-13-31-46(49-43)55(47-32-14-29-44(50-47)53(2)41-26-11-20-35-17-5-8-23-38(35)41)48-33-15-30-45(51-48)54(3)42-27-12-21-36-18-6-9-24-39(36)42/h4-33H,1-3H3. The maximum Gasteiger partial charge on any atom is 0.133 e. The molecule has 0 spiro atoms. The lowest BCUT2D eigenvalue weighted by Gasteiger charge is -2.25. The van der Waals surface area contributed by atoms with Crippen LogP contribution < -0.4 is 31.0 Å². The maximum atomic E-state index is 5.40. The average molecular weight is 731 g/mol. The topological polar surface area (TPSA) is 48.4 Å². The number of aromatic nitrogens is 3. The highest BCUT2D eigenvalue weighted by Gasteiger charge is 2.25. The highest BCUT2D eigenvalue weighted by Crippen LogP contribution is 2.37. The molecule has 0 atom stereocenters. The van der Waals surface area contributed by atoms with Crippen molar-refractivity contribution in [2.75, 3.05) is 35.8 Å². The molecule has 6 nitrogen and oxygen atoms in total. The average Bonchev–Trinajstić information content (AvgIpc) is 3.25. The Kier molecular flexibility index (Phi) is 9.11. The Morgan fingerprint density at radius 2 is 0.582 bits per heavy atom. The number of hydrogen-bond acceptors (Lipinski definition) is 6. The molecular weight excluding hydrogens is 692 g/mol. The van der Waals surface area contributed by atoms with Gasteiger partial charge >= 0.3 is 0 Å². The monoisotopic (exact) mass is 730 g/mol. The summed E-state index contributed by atoms with van der Waals surface area (Å²) in [4.78, 5) is 22.7. The normalized spacial score (nSPS) is 11.3. The summed E-state index contributed by atoms with van der Waals surface area (Å²) in [5, 5.41) is 7.12. The summed E-state index contributed by atoms with van der Waals surface area (Å²) in [5.41, 5.74) is 6.07. The van der Waals surface area contributed by atoms with E-state index in [2.05, 4.69) is 218 Å². The quantitative estimate of drug-likeness (QED) is 0.138. The lowest BCUT2D eigenvalue weighted by molar-refractivity contribution is 1.14. The molecular formula is C48H39N6P. The molecule has 0 aliphatic rings. The molecule has 9 rings (SSSR count). The summed E-state index contributed by atoms with van der Waals surface area (Å²) in [6.07, 6.45) is 0. The third-order valence-electron chi connectivity index (χ3n) is 10.3. The van der Waals surface area contributed by atoms with Crippen LogP contribution in [-0.4, -0.2) is 36.1 Å². The largest absolute Gasteiger partial charge is 0.329 e. The molecule has 55 heavy (non-hydrogen) atoms. The predicted octanol–water partition coefficient (Wildman–Crippen LogP) is 10.4. The van der Waals surface area contributed by atoms with Crippen molar-refractivity contribution in [1.82, 2.24) is 15.0 Å². The van der Waals surface area contributed by atoms with Crippen LogP contribution in [0.5, 0.6) is 0 Å². The number of anilines is 6. The summed E-state index contributed by atoms with van der Waals surface area (Å²) in [7, 11) is 4.98. The number of fused-ring (bicyclic) bond motifs is 3. The van der Waals surface area contributed by atoms with E-state index in [1.165, 1.54) is 32.3 Å². The zero-order valence-electron chi connectivity index (χ0n) is 31.0. The first-order chi connectivity index (χ1) is 27.0. The minimum absolute atomic E-state index is 0.856. The fourth-order valence-corrected chi connectivity index (χ4v) is 9.41. The Morgan fingerprint density at radius 3 is 0.909 bits per heavy atom. The Hall–Kier alpha value is -6.62. The Morgan fingerprint density at radius 1 is 0.309 bits per heavy atom. The lowest BCUT2D eigenvalue weighted by Crippen LogP contribution is -2.29. The highest BCUT2D eigenvalue weighted by atomic mass is 31.1.